The number of pyridine rings is 1. The van der Waals surface area contributed by atoms with Gasteiger partial charge in [-0.2, -0.15) is 13.2 Å². The second-order valence-corrected chi connectivity index (χ2v) is 9.38. The first kappa shape index (κ1) is 23.9. The van der Waals surface area contributed by atoms with Gasteiger partial charge in [-0.05, 0) is 57.6 Å². The summed E-state index contributed by atoms with van der Waals surface area (Å²) in [6, 6.07) is 3.21. The molecule has 1 aliphatic carbocycles. The van der Waals surface area contributed by atoms with Crippen molar-refractivity contribution < 1.29 is 22.7 Å². The summed E-state index contributed by atoms with van der Waals surface area (Å²) in [4.78, 5) is 18.6. The highest BCUT2D eigenvalue weighted by Gasteiger charge is 2.62. The highest BCUT2D eigenvalue weighted by Crippen LogP contribution is 2.59. The van der Waals surface area contributed by atoms with Gasteiger partial charge in [0.05, 0.1) is 17.6 Å². The molecule has 0 radical (unpaired) electrons. The molecule has 32 heavy (non-hydrogen) atoms. The van der Waals surface area contributed by atoms with Gasteiger partial charge in [-0.25, -0.2) is 4.98 Å². The molecule has 2 fully saturated rings. The topological polar surface area (TPSA) is 104 Å². The summed E-state index contributed by atoms with van der Waals surface area (Å²) in [6.07, 6.45) is -0.458. The van der Waals surface area contributed by atoms with Crippen molar-refractivity contribution in [1.29, 1.82) is 5.41 Å². The van der Waals surface area contributed by atoms with E-state index in [-0.39, 0.29) is 37.3 Å². The Morgan fingerprint density at radius 2 is 2.09 bits per heavy atom. The normalized spacial score (nSPS) is 21.6. The molecule has 1 atom stereocenters. The molecule has 176 valence electrons. The Bertz CT molecular complexity index is 909. The Hall–Kier alpha value is -2.78. The number of halogens is 3. The first-order valence-corrected chi connectivity index (χ1v) is 10.6. The lowest BCUT2D eigenvalue weighted by Crippen LogP contribution is -2.40. The third kappa shape index (κ3) is 5.16. The standard InChI is InChI=1S/C22H30F3N5O2/c1-14-12-20(2,3)30(13-14)19-15(18(27)31)4-5-17(29-19)28-10-6-16(26)32-11-9-21(7-8-21)22(23,24)25/h4-6,10,14,26H,7-9,11-13H2,1-3H3,(H2,27,31)(H,28,29)/b10-6-,26-16?/t14-/m0/s1. The second kappa shape index (κ2) is 8.63. The van der Waals surface area contributed by atoms with Crippen LogP contribution in [-0.2, 0) is 4.74 Å². The van der Waals surface area contributed by atoms with Gasteiger partial charge in [0.2, 0.25) is 5.90 Å². The van der Waals surface area contributed by atoms with Crippen LogP contribution in [-0.4, -0.2) is 41.7 Å². The number of carbonyl (C=O) groups is 1. The van der Waals surface area contributed by atoms with Gasteiger partial charge in [-0.1, -0.05) is 6.92 Å². The summed E-state index contributed by atoms with van der Waals surface area (Å²) >= 11 is 0. The SMILES string of the molecule is C[C@@H]1CN(c2nc(N/C=C\C(=N)OCCC3(C(F)(F)F)CC3)ccc2C(N)=O)C(C)(C)C1. The van der Waals surface area contributed by atoms with Crippen molar-refractivity contribution >= 4 is 23.4 Å². The smallest absolute Gasteiger partial charge is 0.394 e. The number of hydrogen-bond acceptors (Lipinski definition) is 6. The van der Waals surface area contributed by atoms with Gasteiger partial charge in [0, 0.05) is 24.4 Å². The largest absolute Gasteiger partial charge is 0.478 e. The van der Waals surface area contributed by atoms with Crippen LogP contribution in [0.2, 0.25) is 0 Å². The second-order valence-electron chi connectivity index (χ2n) is 9.38. The van der Waals surface area contributed by atoms with E-state index in [4.69, 9.17) is 15.9 Å². The molecule has 7 nitrogen and oxygen atoms in total. The van der Waals surface area contributed by atoms with Crippen LogP contribution in [0.25, 0.3) is 0 Å². The first-order chi connectivity index (χ1) is 14.8. The third-order valence-electron chi connectivity index (χ3n) is 6.23. The number of ether oxygens (including phenoxy) is 1. The highest BCUT2D eigenvalue weighted by molar-refractivity contribution is 5.98. The van der Waals surface area contributed by atoms with Crippen LogP contribution in [0, 0.1) is 16.7 Å². The van der Waals surface area contributed by atoms with E-state index in [0.29, 0.717) is 23.1 Å². The number of rotatable bonds is 8. The molecule has 0 spiro atoms. The van der Waals surface area contributed by atoms with Crippen molar-refractivity contribution in [3.8, 4) is 0 Å². The van der Waals surface area contributed by atoms with Gasteiger partial charge in [-0.15, -0.1) is 0 Å². The Balaban J connectivity index is 1.61. The fraction of sp³-hybridized carbons (Fsp3) is 0.591. The number of nitrogens with two attached hydrogens (primary N) is 1. The minimum Gasteiger partial charge on any atom is -0.478 e. The van der Waals surface area contributed by atoms with Crippen molar-refractivity contribution in [2.75, 3.05) is 23.4 Å². The molecule has 4 N–H and O–H groups in total. The van der Waals surface area contributed by atoms with Crippen LogP contribution in [0.4, 0.5) is 24.8 Å². The van der Waals surface area contributed by atoms with Crippen molar-refractivity contribution in [3.05, 3.63) is 30.0 Å². The summed E-state index contributed by atoms with van der Waals surface area (Å²) in [7, 11) is 0. The number of hydrogen-bond donors (Lipinski definition) is 3. The molecule has 2 heterocycles. The first-order valence-electron chi connectivity index (χ1n) is 10.6. The number of nitrogens with one attached hydrogen (secondary N) is 2. The molecule has 1 aromatic heterocycles. The third-order valence-corrected chi connectivity index (χ3v) is 6.23. The van der Waals surface area contributed by atoms with Crippen LogP contribution in [0.5, 0.6) is 0 Å². The highest BCUT2D eigenvalue weighted by atomic mass is 19.4. The van der Waals surface area contributed by atoms with Crippen LogP contribution in [0.1, 0.15) is 56.8 Å². The van der Waals surface area contributed by atoms with Gasteiger partial charge in [0.15, 0.2) is 0 Å². The fourth-order valence-electron chi connectivity index (χ4n) is 4.32. The number of amides is 1. The van der Waals surface area contributed by atoms with Crippen LogP contribution in [0.15, 0.2) is 24.4 Å². The van der Waals surface area contributed by atoms with E-state index in [1.54, 1.807) is 12.1 Å². The van der Waals surface area contributed by atoms with Gasteiger partial charge in [-0.3, -0.25) is 10.2 Å². The van der Waals surface area contributed by atoms with Gasteiger partial charge in [0.1, 0.15) is 11.6 Å². The van der Waals surface area contributed by atoms with E-state index in [2.05, 4.69) is 36.0 Å². The molecule has 2 aliphatic rings. The maximum atomic E-state index is 12.9. The zero-order chi connectivity index (χ0) is 23.7. The minimum atomic E-state index is -4.22. The zero-order valence-corrected chi connectivity index (χ0v) is 18.6. The summed E-state index contributed by atoms with van der Waals surface area (Å²) < 4.78 is 43.9. The fourth-order valence-corrected chi connectivity index (χ4v) is 4.32. The predicted octanol–water partition coefficient (Wildman–Crippen LogP) is 4.46. The van der Waals surface area contributed by atoms with Crippen molar-refractivity contribution in [1.82, 2.24) is 4.98 Å². The van der Waals surface area contributed by atoms with Crippen LogP contribution >= 0.6 is 0 Å². The van der Waals surface area contributed by atoms with E-state index in [1.165, 1.54) is 12.3 Å². The average molecular weight is 454 g/mol. The number of aromatic nitrogens is 1. The van der Waals surface area contributed by atoms with Crippen LogP contribution < -0.4 is 16.0 Å². The van der Waals surface area contributed by atoms with Crippen LogP contribution in [0.3, 0.4) is 0 Å². The molecule has 1 saturated carbocycles. The lowest BCUT2D eigenvalue weighted by molar-refractivity contribution is -0.190. The lowest BCUT2D eigenvalue weighted by Gasteiger charge is -2.33. The van der Waals surface area contributed by atoms with E-state index < -0.39 is 17.5 Å². The molecule has 1 aromatic rings. The quantitative estimate of drug-likeness (QED) is 0.398. The molecular weight excluding hydrogens is 423 g/mol. The maximum Gasteiger partial charge on any atom is 0.394 e. The van der Waals surface area contributed by atoms with E-state index >= 15 is 0 Å². The summed E-state index contributed by atoms with van der Waals surface area (Å²) in [5, 5.41) is 10.7. The Labute approximate surface area is 185 Å². The Kier molecular flexibility index (Phi) is 6.44. The van der Waals surface area contributed by atoms with Crippen molar-refractivity contribution in [2.24, 2.45) is 17.1 Å². The number of nitrogens with zero attached hydrogens (tertiary/aromatic N) is 2. The molecule has 1 aliphatic heterocycles. The molecule has 10 heteroatoms. The van der Waals surface area contributed by atoms with E-state index in [0.717, 1.165) is 13.0 Å². The number of alkyl halides is 3. The molecule has 0 aromatic carbocycles. The van der Waals surface area contributed by atoms with E-state index in [1.807, 2.05) is 0 Å². The molecule has 0 unspecified atom stereocenters. The summed E-state index contributed by atoms with van der Waals surface area (Å²) in [5.74, 6) is 0.567. The Morgan fingerprint density at radius 1 is 1.41 bits per heavy atom. The minimum absolute atomic E-state index is 0.118. The molecule has 0 bridgehead atoms. The lowest BCUT2D eigenvalue weighted by atomic mass is 9.97. The number of carbonyl (C=O) groups excluding carboxylic acids is 1. The summed E-state index contributed by atoms with van der Waals surface area (Å²) in [5.41, 5.74) is 4.05. The Morgan fingerprint density at radius 3 is 2.62 bits per heavy atom. The molecule has 3 rings (SSSR count). The number of anilines is 2. The number of primary amides is 1. The zero-order valence-electron chi connectivity index (χ0n) is 18.6. The van der Waals surface area contributed by atoms with Gasteiger partial charge in [0.25, 0.3) is 5.91 Å². The molecular formula is C22H30F3N5O2. The maximum absolute atomic E-state index is 12.9. The monoisotopic (exact) mass is 453 g/mol. The summed E-state index contributed by atoms with van der Waals surface area (Å²) in [6.45, 7) is 6.90. The van der Waals surface area contributed by atoms with E-state index in [9.17, 15) is 18.0 Å². The average Bonchev–Trinajstić information content (AvgIpc) is 3.41. The molecule has 1 saturated heterocycles. The predicted molar refractivity (Wildman–Crippen MR) is 117 cm³/mol. The van der Waals surface area contributed by atoms with Gasteiger partial charge >= 0.3 is 6.18 Å². The van der Waals surface area contributed by atoms with Crippen molar-refractivity contribution in [2.45, 2.75) is 58.2 Å². The molecule has 1 amide bonds. The van der Waals surface area contributed by atoms with Gasteiger partial charge < -0.3 is 20.7 Å². The van der Waals surface area contributed by atoms with Crippen molar-refractivity contribution in [3.63, 3.8) is 0 Å².